The Morgan fingerprint density at radius 1 is 1.00 bits per heavy atom. The Morgan fingerprint density at radius 3 is 2.27 bits per heavy atom. The fourth-order valence-corrected chi connectivity index (χ4v) is 2.39. The van der Waals surface area contributed by atoms with Crippen LogP contribution in [0, 0.1) is 11.6 Å². The first-order valence-corrected chi connectivity index (χ1v) is 8.13. The molecule has 4 nitrogen and oxygen atoms in total. The molecule has 0 unspecified atom stereocenters. The van der Waals surface area contributed by atoms with Gasteiger partial charge in [0.15, 0.2) is 5.96 Å². The topological polar surface area (TPSA) is 45.7 Å². The molecule has 2 N–H and O–H groups in total. The Balaban J connectivity index is 0.00000338. The molecule has 2 rings (SSSR count). The molecule has 0 aromatic heterocycles. The number of nitrogens with one attached hydrogen (secondary N) is 2. The number of hydrogen-bond acceptors (Lipinski definition) is 2. The van der Waals surface area contributed by atoms with Gasteiger partial charge in [0.1, 0.15) is 17.4 Å². The van der Waals surface area contributed by atoms with Crippen molar-refractivity contribution in [3.05, 3.63) is 65.2 Å². The van der Waals surface area contributed by atoms with Gasteiger partial charge in [0.2, 0.25) is 0 Å². The van der Waals surface area contributed by atoms with Crippen molar-refractivity contribution in [2.45, 2.75) is 12.8 Å². The van der Waals surface area contributed by atoms with Gasteiger partial charge >= 0.3 is 0 Å². The Hall–Kier alpha value is -1.90. The highest BCUT2D eigenvalue weighted by atomic mass is 127. The third-order valence-electron chi connectivity index (χ3n) is 3.78. The van der Waals surface area contributed by atoms with E-state index in [1.165, 1.54) is 11.6 Å². The van der Waals surface area contributed by atoms with Crippen LogP contribution < -0.4 is 15.4 Å². The van der Waals surface area contributed by atoms with E-state index in [2.05, 4.69) is 15.6 Å². The van der Waals surface area contributed by atoms with Crippen LogP contribution in [0.4, 0.5) is 8.78 Å². The van der Waals surface area contributed by atoms with E-state index in [1.807, 2.05) is 24.3 Å². The zero-order chi connectivity index (χ0) is 18.1. The number of benzene rings is 2. The second-order valence-electron chi connectivity index (χ2n) is 5.51. The molecule has 0 bridgehead atoms. The fraction of sp³-hybridized carbons (Fsp3) is 0.316. The van der Waals surface area contributed by atoms with Gasteiger partial charge in [-0.15, -0.1) is 24.0 Å². The summed E-state index contributed by atoms with van der Waals surface area (Å²) in [5.41, 5.74) is 1.53. The molecule has 0 radical (unpaired) electrons. The number of halogens is 3. The number of aliphatic imine (C=N–C) groups is 1. The quantitative estimate of drug-likeness (QED) is 0.366. The SMILES string of the molecule is CN=C(NCCc1ccc(OC)cc1)NCCc1cc(F)ccc1F.I. The van der Waals surface area contributed by atoms with E-state index >= 15 is 0 Å². The van der Waals surface area contributed by atoms with Gasteiger partial charge in [-0.05, 0) is 54.3 Å². The summed E-state index contributed by atoms with van der Waals surface area (Å²) in [7, 11) is 3.31. The van der Waals surface area contributed by atoms with Crippen molar-refractivity contribution in [1.82, 2.24) is 10.6 Å². The molecular formula is C19H24F2IN3O. The van der Waals surface area contributed by atoms with Crippen LogP contribution in [0.15, 0.2) is 47.5 Å². The lowest BCUT2D eigenvalue weighted by Crippen LogP contribution is -2.39. The molecule has 0 saturated heterocycles. The third-order valence-corrected chi connectivity index (χ3v) is 3.78. The van der Waals surface area contributed by atoms with Crippen molar-refractivity contribution >= 4 is 29.9 Å². The maximum atomic E-state index is 13.6. The van der Waals surface area contributed by atoms with Crippen molar-refractivity contribution in [3.63, 3.8) is 0 Å². The predicted octanol–water partition coefficient (Wildman–Crippen LogP) is 3.54. The molecule has 0 aliphatic carbocycles. The van der Waals surface area contributed by atoms with Crippen molar-refractivity contribution in [2.75, 3.05) is 27.2 Å². The van der Waals surface area contributed by atoms with E-state index in [4.69, 9.17) is 4.74 Å². The minimum absolute atomic E-state index is 0. The van der Waals surface area contributed by atoms with Crippen molar-refractivity contribution in [3.8, 4) is 5.75 Å². The van der Waals surface area contributed by atoms with Crippen LogP contribution in [-0.4, -0.2) is 33.2 Å². The largest absolute Gasteiger partial charge is 0.497 e. The summed E-state index contributed by atoms with van der Waals surface area (Å²) in [5, 5.41) is 6.30. The summed E-state index contributed by atoms with van der Waals surface area (Å²) < 4.78 is 31.8. The van der Waals surface area contributed by atoms with Crippen molar-refractivity contribution < 1.29 is 13.5 Å². The van der Waals surface area contributed by atoms with E-state index < -0.39 is 11.6 Å². The first-order valence-electron chi connectivity index (χ1n) is 8.13. The number of ether oxygens (including phenoxy) is 1. The van der Waals surface area contributed by atoms with E-state index in [-0.39, 0.29) is 24.0 Å². The van der Waals surface area contributed by atoms with Gasteiger partial charge in [-0.25, -0.2) is 8.78 Å². The summed E-state index contributed by atoms with van der Waals surface area (Å²) in [6.07, 6.45) is 1.21. The van der Waals surface area contributed by atoms with Crippen LogP contribution in [-0.2, 0) is 12.8 Å². The van der Waals surface area contributed by atoms with Gasteiger partial charge in [0.25, 0.3) is 0 Å². The number of hydrogen-bond donors (Lipinski definition) is 2. The Morgan fingerprint density at radius 2 is 1.65 bits per heavy atom. The number of rotatable bonds is 7. The molecule has 0 heterocycles. The van der Waals surface area contributed by atoms with Gasteiger partial charge in [-0.1, -0.05) is 12.1 Å². The van der Waals surface area contributed by atoms with E-state index in [1.54, 1.807) is 14.2 Å². The van der Waals surface area contributed by atoms with Gasteiger partial charge in [-0.2, -0.15) is 0 Å². The first-order chi connectivity index (χ1) is 12.1. The van der Waals surface area contributed by atoms with Crippen LogP contribution >= 0.6 is 24.0 Å². The molecule has 0 aliphatic heterocycles. The summed E-state index contributed by atoms with van der Waals surface area (Å²) in [5.74, 6) is 0.633. The molecule has 0 fully saturated rings. The van der Waals surface area contributed by atoms with Gasteiger partial charge < -0.3 is 15.4 Å². The monoisotopic (exact) mass is 475 g/mol. The van der Waals surface area contributed by atoms with Crippen LogP contribution in [0.25, 0.3) is 0 Å². The standard InChI is InChI=1S/C19H23F2N3O.HI/c1-22-19(23-11-9-14-3-6-17(25-2)7-4-14)24-12-10-15-13-16(20)5-8-18(15)21;/h3-8,13H,9-12H2,1-2H3,(H2,22,23,24);1H. The van der Waals surface area contributed by atoms with Crippen LogP contribution in [0.5, 0.6) is 5.75 Å². The minimum Gasteiger partial charge on any atom is -0.497 e. The lowest BCUT2D eigenvalue weighted by molar-refractivity contribution is 0.414. The minimum atomic E-state index is -0.432. The molecule has 7 heteroatoms. The summed E-state index contributed by atoms with van der Waals surface area (Å²) in [4.78, 5) is 4.12. The normalized spacial score (nSPS) is 10.8. The Labute approximate surface area is 170 Å². The van der Waals surface area contributed by atoms with Crippen LogP contribution in [0.1, 0.15) is 11.1 Å². The Bertz CT molecular complexity index is 708. The van der Waals surface area contributed by atoms with E-state index in [9.17, 15) is 8.78 Å². The van der Waals surface area contributed by atoms with Crippen LogP contribution in [0.3, 0.4) is 0 Å². The molecule has 2 aromatic carbocycles. The van der Waals surface area contributed by atoms with E-state index in [0.29, 0.717) is 31.0 Å². The molecule has 0 atom stereocenters. The number of methoxy groups -OCH3 is 1. The lowest BCUT2D eigenvalue weighted by Gasteiger charge is -2.12. The molecule has 2 aromatic rings. The average Bonchev–Trinajstić information content (AvgIpc) is 2.63. The highest BCUT2D eigenvalue weighted by molar-refractivity contribution is 14.0. The zero-order valence-electron chi connectivity index (χ0n) is 14.9. The Kier molecular flexibility index (Phi) is 9.93. The molecule has 0 spiro atoms. The van der Waals surface area contributed by atoms with Crippen LogP contribution in [0.2, 0.25) is 0 Å². The molecule has 0 saturated carbocycles. The molecular weight excluding hydrogens is 451 g/mol. The highest BCUT2D eigenvalue weighted by Gasteiger charge is 2.04. The molecule has 26 heavy (non-hydrogen) atoms. The average molecular weight is 475 g/mol. The number of nitrogens with zero attached hydrogens (tertiary/aromatic N) is 1. The van der Waals surface area contributed by atoms with Crippen molar-refractivity contribution in [2.24, 2.45) is 4.99 Å². The molecule has 142 valence electrons. The van der Waals surface area contributed by atoms with Crippen molar-refractivity contribution in [1.29, 1.82) is 0 Å². The highest BCUT2D eigenvalue weighted by Crippen LogP contribution is 2.11. The maximum absolute atomic E-state index is 13.6. The van der Waals surface area contributed by atoms with Gasteiger partial charge in [0, 0.05) is 20.1 Å². The maximum Gasteiger partial charge on any atom is 0.190 e. The zero-order valence-corrected chi connectivity index (χ0v) is 17.2. The van der Waals surface area contributed by atoms with Gasteiger partial charge in [0.05, 0.1) is 7.11 Å². The fourth-order valence-electron chi connectivity index (χ4n) is 2.39. The molecule has 0 aliphatic rings. The third kappa shape index (κ3) is 7.15. The van der Waals surface area contributed by atoms with Gasteiger partial charge in [-0.3, -0.25) is 4.99 Å². The summed E-state index contributed by atoms with van der Waals surface area (Å²) >= 11 is 0. The summed E-state index contributed by atoms with van der Waals surface area (Å²) in [6, 6.07) is 11.4. The second-order valence-corrected chi connectivity index (χ2v) is 5.51. The summed E-state index contributed by atoms with van der Waals surface area (Å²) in [6.45, 7) is 1.17. The smallest absolute Gasteiger partial charge is 0.190 e. The second kappa shape index (κ2) is 11.7. The first kappa shape index (κ1) is 22.1. The lowest BCUT2D eigenvalue weighted by atomic mass is 10.1. The predicted molar refractivity (Wildman–Crippen MR) is 112 cm³/mol. The number of guanidine groups is 1. The molecule has 0 amide bonds. The van der Waals surface area contributed by atoms with E-state index in [0.717, 1.165) is 24.3 Å².